The Bertz CT molecular complexity index is 352. The Morgan fingerprint density at radius 3 is 2.59 bits per heavy atom. The molecule has 1 unspecified atom stereocenters. The summed E-state index contributed by atoms with van der Waals surface area (Å²) in [7, 11) is 0. The number of hydrogen-bond acceptors (Lipinski definition) is 1. The van der Waals surface area contributed by atoms with E-state index in [0.29, 0.717) is 5.75 Å². The highest BCUT2D eigenvalue weighted by atomic mass is 32.2. The Kier molecular flexibility index (Phi) is 7.57. The molecule has 0 saturated carbocycles. The lowest BCUT2D eigenvalue weighted by atomic mass is 10.2. The maximum absolute atomic E-state index is 11.8. The van der Waals surface area contributed by atoms with Crippen molar-refractivity contribution in [2.24, 2.45) is 0 Å². The fourth-order valence-electron chi connectivity index (χ4n) is 1.41. The van der Waals surface area contributed by atoms with Gasteiger partial charge < -0.3 is 4.55 Å². The number of hydrogen-bond donors (Lipinski definition) is 0. The van der Waals surface area contributed by atoms with Gasteiger partial charge in [-0.05, 0) is 48.3 Å². The number of unbranched alkanes of at least 4 members (excludes halogenated alkanes) is 2. The Balaban J connectivity index is 2.25. The minimum absolute atomic E-state index is 0.679. The molecule has 1 nitrogen and oxygen atoms in total. The van der Waals surface area contributed by atoms with Gasteiger partial charge in [-0.1, -0.05) is 31.5 Å². The van der Waals surface area contributed by atoms with Gasteiger partial charge in [-0.3, -0.25) is 0 Å². The van der Waals surface area contributed by atoms with Gasteiger partial charge in [0.1, 0.15) is 5.75 Å². The highest BCUT2D eigenvalue weighted by Gasteiger charge is 2.07. The number of allylic oxidation sites excluding steroid dienone is 1. The molecule has 0 aliphatic carbocycles. The standard InChI is InChI=1S/C15H20OS/c1-2-3-4-5-6-7-11-14-17(16)15-12-9-8-10-13-15/h5,7-10,12-13H,2-4,11,14H2,1H3. The molecule has 0 amide bonds. The molecule has 0 aliphatic heterocycles. The van der Waals surface area contributed by atoms with Gasteiger partial charge in [0.05, 0.1) is 0 Å². The Hall–Kier alpha value is -0.950. The average Bonchev–Trinajstić information content (AvgIpc) is 2.38. The van der Waals surface area contributed by atoms with E-state index in [-0.39, 0.29) is 0 Å². The third-order valence-corrected chi connectivity index (χ3v) is 3.80. The van der Waals surface area contributed by atoms with Crippen LogP contribution in [0, 0.1) is 0 Å². The predicted octanol–water partition coefficient (Wildman–Crippen LogP) is 4.09. The van der Waals surface area contributed by atoms with Crippen LogP contribution in [0.5, 0.6) is 0 Å². The van der Waals surface area contributed by atoms with Crippen LogP contribution in [0.15, 0.2) is 53.1 Å². The first-order valence-electron chi connectivity index (χ1n) is 6.17. The first-order valence-corrected chi connectivity index (χ1v) is 7.49. The third kappa shape index (κ3) is 6.38. The molecule has 2 heteroatoms. The van der Waals surface area contributed by atoms with Crippen molar-refractivity contribution in [2.75, 3.05) is 5.75 Å². The van der Waals surface area contributed by atoms with E-state index in [1.54, 1.807) is 0 Å². The highest BCUT2D eigenvalue weighted by Crippen LogP contribution is 2.10. The summed E-state index contributed by atoms with van der Waals surface area (Å²) in [5.41, 5.74) is 3.14. The van der Waals surface area contributed by atoms with Gasteiger partial charge in [0.25, 0.3) is 0 Å². The van der Waals surface area contributed by atoms with E-state index in [2.05, 4.69) is 18.7 Å². The van der Waals surface area contributed by atoms with E-state index in [9.17, 15) is 4.55 Å². The van der Waals surface area contributed by atoms with Crippen LogP contribution in [-0.4, -0.2) is 10.3 Å². The maximum Gasteiger partial charge on any atom is 0.152 e. The van der Waals surface area contributed by atoms with E-state index < -0.39 is 11.2 Å². The molecule has 0 fully saturated rings. The van der Waals surface area contributed by atoms with Crippen LogP contribution in [0.2, 0.25) is 0 Å². The second-order valence-electron chi connectivity index (χ2n) is 3.87. The molecule has 92 valence electrons. The number of benzene rings is 1. The first-order chi connectivity index (χ1) is 8.34. The van der Waals surface area contributed by atoms with Crippen molar-refractivity contribution in [1.29, 1.82) is 0 Å². The average molecular weight is 248 g/mol. The second kappa shape index (κ2) is 9.12. The van der Waals surface area contributed by atoms with Crippen molar-refractivity contribution in [1.82, 2.24) is 0 Å². The Labute approximate surface area is 107 Å². The predicted molar refractivity (Wildman–Crippen MR) is 74.5 cm³/mol. The molecule has 17 heavy (non-hydrogen) atoms. The fourth-order valence-corrected chi connectivity index (χ4v) is 2.44. The molecule has 1 aromatic carbocycles. The fraction of sp³-hybridized carbons (Fsp3) is 0.400. The van der Waals surface area contributed by atoms with Crippen molar-refractivity contribution in [3.8, 4) is 0 Å². The largest absolute Gasteiger partial charge is 0.611 e. The van der Waals surface area contributed by atoms with Crippen molar-refractivity contribution >= 4 is 11.2 Å². The van der Waals surface area contributed by atoms with Crippen LogP contribution in [0.1, 0.15) is 32.6 Å². The smallest absolute Gasteiger partial charge is 0.152 e. The summed E-state index contributed by atoms with van der Waals surface area (Å²) in [6.07, 6.45) is 8.40. The zero-order valence-electron chi connectivity index (χ0n) is 10.4. The molecule has 0 heterocycles. The van der Waals surface area contributed by atoms with Crippen molar-refractivity contribution in [3.05, 3.63) is 48.2 Å². The first kappa shape index (κ1) is 14.1. The van der Waals surface area contributed by atoms with Gasteiger partial charge in [0, 0.05) is 6.42 Å². The molecular weight excluding hydrogens is 228 g/mol. The van der Waals surface area contributed by atoms with E-state index in [4.69, 9.17) is 0 Å². The normalized spacial score (nSPS) is 11.6. The molecule has 0 radical (unpaired) electrons. The van der Waals surface area contributed by atoms with Crippen LogP contribution in [0.25, 0.3) is 0 Å². The Morgan fingerprint density at radius 1 is 1.18 bits per heavy atom. The van der Waals surface area contributed by atoms with Crippen molar-refractivity contribution < 1.29 is 4.55 Å². The SMILES string of the molecule is CCCCC=C=CCC[S+]([O-])c1ccccc1. The zero-order chi connectivity index (χ0) is 12.3. The van der Waals surface area contributed by atoms with Crippen LogP contribution < -0.4 is 0 Å². The lowest BCUT2D eigenvalue weighted by Gasteiger charge is -2.07. The molecule has 1 atom stereocenters. The summed E-state index contributed by atoms with van der Waals surface area (Å²) in [5, 5.41) is 0. The highest BCUT2D eigenvalue weighted by molar-refractivity contribution is 7.91. The maximum atomic E-state index is 11.8. The lowest BCUT2D eigenvalue weighted by Crippen LogP contribution is -2.05. The van der Waals surface area contributed by atoms with E-state index in [0.717, 1.165) is 17.7 Å². The van der Waals surface area contributed by atoms with Crippen LogP contribution in [0.3, 0.4) is 0 Å². The summed E-state index contributed by atoms with van der Waals surface area (Å²) in [5.74, 6) is 0.679. The van der Waals surface area contributed by atoms with Gasteiger partial charge in [-0.2, -0.15) is 0 Å². The summed E-state index contributed by atoms with van der Waals surface area (Å²) < 4.78 is 11.8. The van der Waals surface area contributed by atoms with Crippen LogP contribution >= 0.6 is 0 Å². The quantitative estimate of drug-likeness (QED) is 0.405. The minimum atomic E-state index is -0.877. The minimum Gasteiger partial charge on any atom is -0.611 e. The van der Waals surface area contributed by atoms with Crippen molar-refractivity contribution in [2.45, 2.75) is 37.5 Å². The molecule has 0 bridgehead atoms. The van der Waals surface area contributed by atoms with E-state index >= 15 is 0 Å². The summed E-state index contributed by atoms with van der Waals surface area (Å²) in [6.45, 7) is 2.18. The van der Waals surface area contributed by atoms with Gasteiger partial charge in [-0.25, -0.2) is 0 Å². The van der Waals surface area contributed by atoms with Crippen LogP contribution in [0.4, 0.5) is 0 Å². The van der Waals surface area contributed by atoms with Gasteiger partial charge in [0.2, 0.25) is 0 Å². The molecule has 0 aromatic heterocycles. The lowest BCUT2D eigenvalue weighted by molar-refractivity contribution is 0.594. The molecule has 0 spiro atoms. The Morgan fingerprint density at radius 2 is 1.88 bits per heavy atom. The molecule has 0 aliphatic rings. The van der Waals surface area contributed by atoms with Crippen LogP contribution in [-0.2, 0) is 11.2 Å². The molecule has 0 N–H and O–H groups in total. The van der Waals surface area contributed by atoms with Gasteiger partial charge in [-0.15, -0.1) is 5.73 Å². The number of rotatable bonds is 7. The summed E-state index contributed by atoms with van der Waals surface area (Å²) in [4.78, 5) is 0.913. The van der Waals surface area contributed by atoms with Crippen molar-refractivity contribution in [3.63, 3.8) is 0 Å². The monoisotopic (exact) mass is 248 g/mol. The third-order valence-electron chi connectivity index (χ3n) is 2.39. The summed E-state index contributed by atoms with van der Waals surface area (Å²) >= 11 is -0.877. The van der Waals surface area contributed by atoms with Gasteiger partial charge >= 0.3 is 0 Å². The van der Waals surface area contributed by atoms with E-state index in [1.165, 1.54) is 12.8 Å². The topological polar surface area (TPSA) is 23.1 Å². The summed E-state index contributed by atoms with van der Waals surface area (Å²) in [6, 6.07) is 9.62. The zero-order valence-corrected chi connectivity index (χ0v) is 11.2. The second-order valence-corrected chi connectivity index (χ2v) is 5.44. The van der Waals surface area contributed by atoms with Gasteiger partial charge in [0.15, 0.2) is 4.90 Å². The van der Waals surface area contributed by atoms with E-state index in [1.807, 2.05) is 36.4 Å². The molecule has 1 rings (SSSR count). The molecule has 0 saturated heterocycles. The molecule has 1 aromatic rings. The molecular formula is C15H20OS.